The second-order valence-electron chi connectivity index (χ2n) is 4.90. The number of pyridine rings is 1. The van der Waals surface area contributed by atoms with Gasteiger partial charge in [-0.05, 0) is 26.0 Å². The molecule has 92 valence electrons. The molecule has 0 bridgehead atoms. The van der Waals surface area contributed by atoms with Crippen molar-refractivity contribution in [2.75, 3.05) is 19.6 Å². The second kappa shape index (κ2) is 4.41. The van der Waals surface area contributed by atoms with E-state index in [2.05, 4.69) is 10.3 Å². The van der Waals surface area contributed by atoms with E-state index >= 15 is 0 Å². The second-order valence-corrected chi connectivity index (χ2v) is 4.90. The third kappa shape index (κ3) is 2.79. The van der Waals surface area contributed by atoms with Gasteiger partial charge in [0.15, 0.2) is 0 Å². The summed E-state index contributed by atoms with van der Waals surface area (Å²) < 4.78 is 12.7. The van der Waals surface area contributed by atoms with Crippen molar-refractivity contribution < 1.29 is 9.18 Å². The van der Waals surface area contributed by atoms with Crippen LogP contribution in [0.5, 0.6) is 0 Å². The first kappa shape index (κ1) is 12.0. The first-order valence-electron chi connectivity index (χ1n) is 5.64. The van der Waals surface area contributed by atoms with Gasteiger partial charge in [0.05, 0.1) is 6.20 Å². The van der Waals surface area contributed by atoms with E-state index in [1.165, 1.54) is 12.1 Å². The molecule has 5 heteroatoms. The minimum Gasteiger partial charge on any atom is -0.334 e. The summed E-state index contributed by atoms with van der Waals surface area (Å²) >= 11 is 0. The van der Waals surface area contributed by atoms with Crippen molar-refractivity contribution >= 4 is 5.91 Å². The van der Waals surface area contributed by atoms with Crippen LogP contribution < -0.4 is 5.32 Å². The lowest BCUT2D eigenvalue weighted by atomic mass is 10.0. The largest absolute Gasteiger partial charge is 0.334 e. The Bertz CT molecular complexity index is 416. The summed E-state index contributed by atoms with van der Waals surface area (Å²) in [6.45, 7) is 6.14. The van der Waals surface area contributed by atoms with E-state index in [0.29, 0.717) is 18.8 Å². The Labute approximate surface area is 99.8 Å². The Morgan fingerprint density at radius 1 is 1.53 bits per heavy atom. The Morgan fingerprint density at radius 2 is 2.29 bits per heavy atom. The van der Waals surface area contributed by atoms with Crippen molar-refractivity contribution in [2.24, 2.45) is 0 Å². The van der Waals surface area contributed by atoms with Crippen LogP contribution in [0.1, 0.15) is 24.3 Å². The third-order valence-corrected chi connectivity index (χ3v) is 2.81. The van der Waals surface area contributed by atoms with E-state index in [9.17, 15) is 9.18 Å². The van der Waals surface area contributed by atoms with Gasteiger partial charge in [-0.3, -0.25) is 4.79 Å². The first-order chi connectivity index (χ1) is 7.98. The van der Waals surface area contributed by atoms with Crippen LogP contribution in [-0.2, 0) is 0 Å². The van der Waals surface area contributed by atoms with Crippen molar-refractivity contribution in [1.29, 1.82) is 0 Å². The highest BCUT2D eigenvalue weighted by Gasteiger charge is 2.29. The molecule has 2 rings (SSSR count). The highest BCUT2D eigenvalue weighted by molar-refractivity contribution is 5.92. The van der Waals surface area contributed by atoms with Crippen LogP contribution in [0.25, 0.3) is 0 Å². The van der Waals surface area contributed by atoms with Crippen molar-refractivity contribution in [3.05, 3.63) is 29.8 Å². The van der Waals surface area contributed by atoms with Gasteiger partial charge in [0.25, 0.3) is 5.91 Å². The van der Waals surface area contributed by atoms with Gasteiger partial charge in [-0.1, -0.05) is 0 Å². The maximum absolute atomic E-state index is 12.7. The number of hydrogen-bond donors (Lipinski definition) is 1. The number of rotatable bonds is 1. The van der Waals surface area contributed by atoms with Crippen LogP contribution >= 0.6 is 0 Å². The van der Waals surface area contributed by atoms with Gasteiger partial charge >= 0.3 is 0 Å². The molecule has 0 atom stereocenters. The molecule has 1 aliphatic rings. The predicted octanol–water partition coefficient (Wildman–Crippen LogP) is 1.04. The number of hydrogen-bond acceptors (Lipinski definition) is 3. The Hall–Kier alpha value is -1.49. The predicted molar refractivity (Wildman–Crippen MR) is 62.2 cm³/mol. The van der Waals surface area contributed by atoms with Crippen LogP contribution in [0.2, 0.25) is 0 Å². The first-order valence-corrected chi connectivity index (χ1v) is 5.64. The van der Waals surface area contributed by atoms with Crippen molar-refractivity contribution in [3.8, 4) is 0 Å². The van der Waals surface area contributed by atoms with Crippen molar-refractivity contribution in [1.82, 2.24) is 15.2 Å². The molecule has 0 spiro atoms. The van der Waals surface area contributed by atoms with Gasteiger partial charge in [0, 0.05) is 25.2 Å². The molecule has 1 N–H and O–H groups in total. The summed E-state index contributed by atoms with van der Waals surface area (Å²) in [5.41, 5.74) is 0.206. The lowest BCUT2D eigenvalue weighted by molar-refractivity contribution is 0.0646. The fourth-order valence-corrected chi connectivity index (χ4v) is 1.98. The molecule has 4 nitrogen and oxygen atoms in total. The molecule has 1 aliphatic heterocycles. The summed E-state index contributed by atoms with van der Waals surface area (Å²) in [4.78, 5) is 17.7. The molecule has 1 aromatic heterocycles. The molecule has 0 aliphatic carbocycles. The molecule has 1 saturated heterocycles. The zero-order valence-electron chi connectivity index (χ0n) is 10.0. The quantitative estimate of drug-likeness (QED) is 0.794. The van der Waals surface area contributed by atoms with Crippen LogP contribution in [0.4, 0.5) is 4.39 Å². The standard InChI is InChI=1S/C12H16FN3O/c1-12(2)8-16(6-5-15-12)11(17)10-4-3-9(13)7-14-10/h3-4,7,15H,5-6,8H2,1-2H3. The van der Waals surface area contributed by atoms with Crippen molar-refractivity contribution in [3.63, 3.8) is 0 Å². The van der Waals surface area contributed by atoms with Crippen LogP contribution in [0.15, 0.2) is 18.3 Å². The highest BCUT2D eigenvalue weighted by Crippen LogP contribution is 2.12. The highest BCUT2D eigenvalue weighted by atomic mass is 19.1. The molecular formula is C12H16FN3O. The number of aromatic nitrogens is 1. The monoisotopic (exact) mass is 237 g/mol. The maximum Gasteiger partial charge on any atom is 0.272 e. The molecule has 0 unspecified atom stereocenters. The molecule has 0 saturated carbocycles. The van der Waals surface area contributed by atoms with Gasteiger partial charge in [0.1, 0.15) is 11.5 Å². The molecule has 1 amide bonds. The molecular weight excluding hydrogens is 221 g/mol. The third-order valence-electron chi connectivity index (χ3n) is 2.81. The lowest BCUT2D eigenvalue weighted by Crippen LogP contribution is -2.58. The number of nitrogens with zero attached hydrogens (tertiary/aromatic N) is 2. The van der Waals surface area contributed by atoms with Gasteiger partial charge in [-0.2, -0.15) is 0 Å². The zero-order chi connectivity index (χ0) is 12.5. The van der Waals surface area contributed by atoms with E-state index < -0.39 is 5.82 Å². The van der Waals surface area contributed by atoms with Gasteiger partial charge in [-0.15, -0.1) is 0 Å². The van der Waals surface area contributed by atoms with E-state index in [-0.39, 0.29) is 11.4 Å². The molecule has 17 heavy (non-hydrogen) atoms. The Balaban J connectivity index is 2.12. The fourth-order valence-electron chi connectivity index (χ4n) is 1.98. The maximum atomic E-state index is 12.7. The average Bonchev–Trinajstić information content (AvgIpc) is 2.28. The number of nitrogens with one attached hydrogen (secondary N) is 1. The topological polar surface area (TPSA) is 45.2 Å². The lowest BCUT2D eigenvalue weighted by Gasteiger charge is -2.38. The molecule has 1 fully saturated rings. The number of carbonyl (C=O) groups excluding carboxylic acids is 1. The number of piperazine rings is 1. The van der Waals surface area contributed by atoms with E-state index in [1.54, 1.807) is 4.90 Å². The normalized spacial score (nSPS) is 19.1. The summed E-state index contributed by atoms with van der Waals surface area (Å²) in [5.74, 6) is -0.568. The number of amides is 1. The smallest absolute Gasteiger partial charge is 0.272 e. The summed E-state index contributed by atoms with van der Waals surface area (Å²) in [6.07, 6.45) is 1.07. The summed E-state index contributed by atoms with van der Waals surface area (Å²) in [5, 5.41) is 3.33. The Morgan fingerprint density at radius 3 is 2.88 bits per heavy atom. The summed E-state index contributed by atoms with van der Waals surface area (Å²) in [7, 11) is 0. The number of halogens is 1. The molecule has 1 aromatic rings. The van der Waals surface area contributed by atoms with Crippen molar-refractivity contribution in [2.45, 2.75) is 19.4 Å². The van der Waals surface area contributed by atoms with Gasteiger partial charge in [0.2, 0.25) is 0 Å². The minimum atomic E-state index is -0.429. The average molecular weight is 237 g/mol. The Kier molecular flexibility index (Phi) is 3.11. The van der Waals surface area contributed by atoms with Crippen LogP contribution in [0, 0.1) is 5.82 Å². The zero-order valence-corrected chi connectivity index (χ0v) is 10.0. The summed E-state index contributed by atoms with van der Waals surface area (Å²) in [6, 6.07) is 2.68. The molecule has 2 heterocycles. The van der Waals surface area contributed by atoms with E-state index in [0.717, 1.165) is 12.7 Å². The van der Waals surface area contributed by atoms with E-state index in [4.69, 9.17) is 0 Å². The molecule has 0 aromatic carbocycles. The minimum absolute atomic E-state index is 0.0893. The fraction of sp³-hybridized carbons (Fsp3) is 0.500. The van der Waals surface area contributed by atoms with Crippen LogP contribution in [-0.4, -0.2) is 41.0 Å². The van der Waals surface area contributed by atoms with Gasteiger partial charge in [-0.25, -0.2) is 9.37 Å². The molecule has 0 radical (unpaired) electrons. The SMILES string of the molecule is CC1(C)CN(C(=O)c2ccc(F)cn2)CCN1. The van der Waals surface area contributed by atoms with Gasteiger partial charge < -0.3 is 10.2 Å². The van der Waals surface area contributed by atoms with E-state index in [1.807, 2.05) is 13.8 Å². The van der Waals surface area contributed by atoms with Crippen LogP contribution in [0.3, 0.4) is 0 Å². The number of carbonyl (C=O) groups is 1.